The summed E-state index contributed by atoms with van der Waals surface area (Å²) in [5.41, 5.74) is 2.27. The van der Waals surface area contributed by atoms with Crippen LogP contribution in [0.15, 0.2) is 59.3 Å². The molecule has 0 aliphatic heterocycles. The summed E-state index contributed by atoms with van der Waals surface area (Å²) in [6.45, 7) is 4.93. The number of hydrogen-bond acceptors (Lipinski definition) is 5. The zero-order valence-electron chi connectivity index (χ0n) is 13.3. The van der Waals surface area contributed by atoms with E-state index in [1.807, 2.05) is 36.4 Å². The molecule has 0 atom stereocenters. The number of nitrogens with one attached hydrogen (secondary N) is 2. The summed E-state index contributed by atoms with van der Waals surface area (Å²) >= 11 is 0. The van der Waals surface area contributed by atoms with Gasteiger partial charge in [-0.2, -0.15) is 4.98 Å². The molecule has 2 heterocycles. The van der Waals surface area contributed by atoms with Crippen molar-refractivity contribution >= 4 is 17.5 Å². The molecule has 1 aromatic carbocycles. The van der Waals surface area contributed by atoms with Crippen molar-refractivity contribution < 1.29 is 4.42 Å². The van der Waals surface area contributed by atoms with Crippen molar-refractivity contribution in [2.24, 2.45) is 0 Å². The van der Waals surface area contributed by atoms with E-state index in [0.717, 1.165) is 17.3 Å². The molecular formula is C18H20N4O. The highest BCUT2D eigenvalue weighted by Crippen LogP contribution is 2.25. The molecule has 0 unspecified atom stereocenters. The molecule has 3 aromatic rings. The van der Waals surface area contributed by atoms with Crippen molar-refractivity contribution in [1.29, 1.82) is 0 Å². The van der Waals surface area contributed by atoms with E-state index in [1.54, 1.807) is 12.5 Å². The van der Waals surface area contributed by atoms with Gasteiger partial charge in [-0.1, -0.05) is 32.0 Å². The third kappa shape index (κ3) is 3.88. The maximum atomic E-state index is 5.30. The monoisotopic (exact) mass is 308 g/mol. The lowest BCUT2D eigenvalue weighted by Crippen LogP contribution is -2.05. The summed E-state index contributed by atoms with van der Waals surface area (Å²) in [4.78, 5) is 8.79. The number of para-hydroxylation sites is 1. The Labute approximate surface area is 135 Å². The van der Waals surface area contributed by atoms with Crippen LogP contribution in [0.1, 0.15) is 31.1 Å². The van der Waals surface area contributed by atoms with E-state index in [9.17, 15) is 0 Å². The van der Waals surface area contributed by atoms with Crippen LogP contribution in [0.4, 0.5) is 17.5 Å². The number of rotatable bonds is 6. The third-order valence-corrected chi connectivity index (χ3v) is 3.51. The summed E-state index contributed by atoms with van der Waals surface area (Å²) in [6, 6.07) is 13.8. The van der Waals surface area contributed by atoms with Crippen molar-refractivity contribution in [3.63, 3.8) is 0 Å². The quantitative estimate of drug-likeness (QED) is 0.699. The maximum Gasteiger partial charge on any atom is 0.229 e. The van der Waals surface area contributed by atoms with Crippen LogP contribution in [-0.4, -0.2) is 9.97 Å². The van der Waals surface area contributed by atoms with Gasteiger partial charge >= 0.3 is 0 Å². The highest BCUT2D eigenvalue weighted by Gasteiger charge is 2.07. The fourth-order valence-electron chi connectivity index (χ4n) is 2.34. The van der Waals surface area contributed by atoms with E-state index < -0.39 is 0 Å². The summed E-state index contributed by atoms with van der Waals surface area (Å²) in [7, 11) is 0. The zero-order chi connectivity index (χ0) is 16.1. The van der Waals surface area contributed by atoms with Gasteiger partial charge in [0.2, 0.25) is 5.95 Å². The Morgan fingerprint density at radius 1 is 1.09 bits per heavy atom. The fraction of sp³-hybridized carbons (Fsp3) is 0.222. The molecule has 0 aliphatic rings. The van der Waals surface area contributed by atoms with Gasteiger partial charge in [0.1, 0.15) is 11.6 Å². The van der Waals surface area contributed by atoms with Crippen LogP contribution in [0.25, 0.3) is 0 Å². The predicted octanol–water partition coefficient (Wildman–Crippen LogP) is 4.55. The summed E-state index contributed by atoms with van der Waals surface area (Å²) in [5.74, 6) is 2.62. The second kappa shape index (κ2) is 6.96. The molecule has 23 heavy (non-hydrogen) atoms. The van der Waals surface area contributed by atoms with E-state index in [4.69, 9.17) is 4.42 Å². The zero-order valence-corrected chi connectivity index (χ0v) is 13.3. The number of benzene rings is 1. The molecule has 5 nitrogen and oxygen atoms in total. The smallest absolute Gasteiger partial charge is 0.229 e. The van der Waals surface area contributed by atoms with Gasteiger partial charge in [-0.25, -0.2) is 4.98 Å². The molecule has 0 saturated carbocycles. The van der Waals surface area contributed by atoms with Gasteiger partial charge in [-0.15, -0.1) is 0 Å². The molecular weight excluding hydrogens is 288 g/mol. The third-order valence-electron chi connectivity index (χ3n) is 3.51. The highest BCUT2D eigenvalue weighted by atomic mass is 16.3. The number of hydrogen-bond donors (Lipinski definition) is 2. The minimum absolute atomic E-state index is 0.430. The second-order valence-corrected chi connectivity index (χ2v) is 5.57. The number of aromatic nitrogens is 2. The molecule has 0 aliphatic carbocycles. The molecule has 0 amide bonds. The van der Waals surface area contributed by atoms with E-state index in [0.29, 0.717) is 18.4 Å². The molecule has 0 spiro atoms. The molecule has 0 radical (unpaired) electrons. The molecule has 0 saturated heterocycles. The van der Waals surface area contributed by atoms with Gasteiger partial charge in [-0.3, -0.25) is 0 Å². The summed E-state index contributed by atoms with van der Waals surface area (Å²) in [6.07, 6.45) is 3.39. The van der Waals surface area contributed by atoms with Crippen LogP contribution in [0.2, 0.25) is 0 Å². The molecule has 2 aromatic heterocycles. The Hall–Kier alpha value is -2.82. The molecule has 5 heteroatoms. The largest absolute Gasteiger partial charge is 0.467 e. The average Bonchev–Trinajstić information content (AvgIpc) is 3.07. The summed E-state index contributed by atoms with van der Waals surface area (Å²) in [5, 5.41) is 6.53. The Bertz CT molecular complexity index is 753. The lowest BCUT2D eigenvalue weighted by molar-refractivity contribution is 0.518. The van der Waals surface area contributed by atoms with E-state index in [-0.39, 0.29) is 0 Å². The van der Waals surface area contributed by atoms with E-state index in [1.165, 1.54) is 5.56 Å². The first-order chi connectivity index (χ1) is 11.2. The summed E-state index contributed by atoms with van der Waals surface area (Å²) < 4.78 is 5.30. The lowest BCUT2D eigenvalue weighted by atomic mass is 10.0. The first kappa shape index (κ1) is 15.1. The number of nitrogens with zero attached hydrogens (tertiary/aromatic N) is 2. The molecule has 3 rings (SSSR count). The average molecular weight is 308 g/mol. The lowest BCUT2D eigenvalue weighted by Gasteiger charge is -2.14. The van der Waals surface area contributed by atoms with E-state index in [2.05, 4.69) is 40.5 Å². The molecule has 0 bridgehead atoms. The topological polar surface area (TPSA) is 63.0 Å². The van der Waals surface area contributed by atoms with Gasteiger partial charge in [0.05, 0.1) is 12.8 Å². The Kier molecular flexibility index (Phi) is 4.57. The van der Waals surface area contributed by atoms with Gasteiger partial charge < -0.3 is 15.1 Å². The van der Waals surface area contributed by atoms with Crippen LogP contribution in [-0.2, 0) is 6.54 Å². The van der Waals surface area contributed by atoms with Gasteiger partial charge in [-0.05, 0) is 35.7 Å². The highest BCUT2D eigenvalue weighted by molar-refractivity contribution is 5.60. The van der Waals surface area contributed by atoms with Gasteiger partial charge in [0.25, 0.3) is 0 Å². The molecule has 2 N–H and O–H groups in total. The number of furan rings is 1. The predicted molar refractivity (Wildman–Crippen MR) is 91.9 cm³/mol. The van der Waals surface area contributed by atoms with Crippen molar-refractivity contribution in [2.75, 3.05) is 10.6 Å². The minimum Gasteiger partial charge on any atom is -0.467 e. The van der Waals surface area contributed by atoms with Crippen LogP contribution < -0.4 is 10.6 Å². The van der Waals surface area contributed by atoms with Gasteiger partial charge in [0, 0.05) is 11.9 Å². The SMILES string of the molecule is CC(C)c1ccccc1Nc1nccc(NCc2ccco2)n1. The van der Waals surface area contributed by atoms with Crippen molar-refractivity contribution in [1.82, 2.24) is 9.97 Å². The Balaban J connectivity index is 1.73. The van der Waals surface area contributed by atoms with Crippen LogP contribution in [0.5, 0.6) is 0 Å². The van der Waals surface area contributed by atoms with Crippen molar-refractivity contribution in [2.45, 2.75) is 26.3 Å². The molecule has 0 fully saturated rings. The fourth-order valence-corrected chi connectivity index (χ4v) is 2.34. The second-order valence-electron chi connectivity index (χ2n) is 5.57. The Morgan fingerprint density at radius 3 is 2.74 bits per heavy atom. The van der Waals surface area contributed by atoms with E-state index >= 15 is 0 Å². The van der Waals surface area contributed by atoms with Crippen LogP contribution in [0.3, 0.4) is 0 Å². The van der Waals surface area contributed by atoms with Crippen LogP contribution in [0, 0.1) is 0 Å². The standard InChI is InChI=1S/C18H20N4O/c1-13(2)15-7-3-4-8-16(15)21-18-19-10-9-17(22-18)20-12-14-6-5-11-23-14/h3-11,13H,12H2,1-2H3,(H2,19,20,21,22). The van der Waals surface area contributed by atoms with Crippen molar-refractivity contribution in [3.05, 3.63) is 66.2 Å². The first-order valence-electron chi connectivity index (χ1n) is 7.67. The normalized spacial score (nSPS) is 10.7. The van der Waals surface area contributed by atoms with Gasteiger partial charge in [0.15, 0.2) is 0 Å². The molecule has 118 valence electrons. The van der Waals surface area contributed by atoms with Crippen LogP contribution >= 0.6 is 0 Å². The van der Waals surface area contributed by atoms with Crippen molar-refractivity contribution in [3.8, 4) is 0 Å². The maximum absolute atomic E-state index is 5.30. The minimum atomic E-state index is 0.430. The first-order valence-corrected chi connectivity index (χ1v) is 7.67. The number of anilines is 3. The Morgan fingerprint density at radius 2 is 1.96 bits per heavy atom.